The Bertz CT molecular complexity index is 184. The molecule has 0 aromatic carbocycles. The van der Waals surface area contributed by atoms with Crippen molar-refractivity contribution < 1.29 is 0 Å². The molecular formula is C9H14N2. The lowest BCUT2D eigenvalue weighted by Gasteiger charge is -2.01. The van der Waals surface area contributed by atoms with Gasteiger partial charge in [-0.15, -0.1) is 0 Å². The summed E-state index contributed by atoms with van der Waals surface area (Å²) < 4.78 is 0. The van der Waals surface area contributed by atoms with Crippen molar-refractivity contribution in [1.29, 1.82) is 0 Å². The Morgan fingerprint density at radius 1 is 1.36 bits per heavy atom. The zero-order valence-corrected chi connectivity index (χ0v) is 6.88. The van der Waals surface area contributed by atoms with Crippen LogP contribution in [0.3, 0.4) is 0 Å². The van der Waals surface area contributed by atoms with Crippen molar-refractivity contribution in [2.45, 2.75) is 19.9 Å². The van der Waals surface area contributed by atoms with Gasteiger partial charge in [-0.25, -0.2) is 0 Å². The minimum absolute atomic E-state index is 0.955. The van der Waals surface area contributed by atoms with Crippen molar-refractivity contribution in [3.8, 4) is 0 Å². The maximum Gasteiger partial charge on any atom is 0.0271 e. The molecule has 0 bridgehead atoms. The van der Waals surface area contributed by atoms with Gasteiger partial charge in [0, 0.05) is 18.9 Å². The van der Waals surface area contributed by atoms with E-state index in [1.807, 2.05) is 24.5 Å². The van der Waals surface area contributed by atoms with Crippen LogP contribution in [0.15, 0.2) is 24.5 Å². The quantitative estimate of drug-likeness (QED) is 0.659. The summed E-state index contributed by atoms with van der Waals surface area (Å²) in [5.74, 6) is 0. The Morgan fingerprint density at radius 2 is 2.09 bits per heavy atom. The van der Waals surface area contributed by atoms with Crippen LogP contribution in [0, 0.1) is 0 Å². The highest BCUT2D eigenvalue weighted by atomic mass is 14.8. The lowest BCUT2D eigenvalue weighted by Crippen LogP contribution is -2.13. The summed E-state index contributed by atoms with van der Waals surface area (Å²) >= 11 is 0. The van der Waals surface area contributed by atoms with E-state index in [-0.39, 0.29) is 0 Å². The molecule has 60 valence electrons. The first-order valence-electron chi connectivity index (χ1n) is 4.03. The summed E-state index contributed by atoms with van der Waals surface area (Å²) in [7, 11) is 0. The molecule has 11 heavy (non-hydrogen) atoms. The van der Waals surface area contributed by atoms with Gasteiger partial charge in [-0.1, -0.05) is 6.92 Å². The van der Waals surface area contributed by atoms with E-state index >= 15 is 0 Å². The minimum Gasteiger partial charge on any atom is -0.313 e. The van der Waals surface area contributed by atoms with Crippen LogP contribution in [-0.2, 0) is 6.54 Å². The summed E-state index contributed by atoms with van der Waals surface area (Å²) in [6.07, 6.45) is 4.83. The number of rotatable bonds is 4. The van der Waals surface area contributed by atoms with Gasteiger partial charge in [-0.05, 0) is 30.7 Å². The Kier molecular flexibility index (Phi) is 3.62. The van der Waals surface area contributed by atoms with Crippen LogP contribution in [-0.4, -0.2) is 11.5 Å². The van der Waals surface area contributed by atoms with E-state index in [1.165, 1.54) is 12.0 Å². The topological polar surface area (TPSA) is 24.9 Å². The zero-order valence-electron chi connectivity index (χ0n) is 6.88. The van der Waals surface area contributed by atoms with Gasteiger partial charge >= 0.3 is 0 Å². The molecule has 2 heteroatoms. The lowest BCUT2D eigenvalue weighted by atomic mass is 10.3. The van der Waals surface area contributed by atoms with E-state index in [1.54, 1.807) is 0 Å². The summed E-state index contributed by atoms with van der Waals surface area (Å²) in [6.45, 7) is 4.21. The molecule has 1 aromatic rings. The van der Waals surface area contributed by atoms with Crippen LogP contribution in [0.4, 0.5) is 0 Å². The molecular weight excluding hydrogens is 136 g/mol. The van der Waals surface area contributed by atoms with Crippen LogP contribution < -0.4 is 5.32 Å². The Labute approximate surface area is 67.7 Å². The number of aromatic nitrogens is 1. The first-order chi connectivity index (χ1) is 5.43. The molecule has 0 fully saturated rings. The fourth-order valence-electron chi connectivity index (χ4n) is 0.910. The van der Waals surface area contributed by atoms with Crippen molar-refractivity contribution in [2.75, 3.05) is 6.54 Å². The van der Waals surface area contributed by atoms with Crippen molar-refractivity contribution in [3.63, 3.8) is 0 Å². The van der Waals surface area contributed by atoms with E-state index in [4.69, 9.17) is 0 Å². The number of hydrogen-bond donors (Lipinski definition) is 1. The normalized spacial score (nSPS) is 9.91. The third-order valence-corrected chi connectivity index (χ3v) is 1.51. The summed E-state index contributed by atoms with van der Waals surface area (Å²) in [4.78, 5) is 3.95. The SMILES string of the molecule is CCCNCc1ccncc1. The molecule has 0 aliphatic carbocycles. The van der Waals surface area contributed by atoms with Crippen molar-refractivity contribution >= 4 is 0 Å². The molecule has 1 N–H and O–H groups in total. The maximum atomic E-state index is 3.95. The predicted molar refractivity (Wildman–Crippen MR) is 46.2 cm³/mol. The molecule has 0 unspecified atom stereocenters. The summed E-state index contributed by atoms with van der Waals surface area (Å²) in [5, 5.41) is 3.32. The number of hydrogen-bond acceptors (Lipinski definition) is 2. The zero-order chi connectivity index (χ0) is 7.94. The fourth-order valence-corrected chi connectivity index (χ4v) is 0.910. The predicted octanol–water partition coefficient (Wildman–Crippen LogP) is 1.58. The van der Waals surface area contributed by atoms with Crippen molar-refractivity contribution in [2.24, 2.45) is 0 Å². The standard InChI is InChI=1S/C9H14N2/c1-2-5-11-8-9-3-6-10-7-4-9/h3-4,6-7,11H,2,5,8H2,1H3. The van der Waals surface area contributed by atoms with Gasteiger partial charge in [-0.3, -0.25) is 4.98 Å². The Hall–Kier alpha value is -0.890. The Morgan fingerprint density at radius 3 is 2.73 bits per heavy atom. The molecule has 0 aliphatic rings. The molecule has 2 nitrogen and oxygen atoms in total. The van der Waals surface area contributed by atoms with Gasteiger partial charge in [0.1, 0.15) is 0 Å². The minimum atomic E-state index is 0.955. The number of pyridine rings is 1. The van der Waals surface area contributed by atoms with Crippen LogP contribution >= 0.6 is 0 Å². The third-order valence-electron chi connectivity index (χ3n) is 1.51. The second-order valence-electron chi connectivity index (χ2n) is 2.53. The lowest BCUT2D eigenvalue weighted by molar-refractivity contribution is 0.675. The van der Waals surface area contributed by atoms with E-state index in [0.717, 1.165) is 13.1 Å². The maximum absolute atomic E-state index is 3.95. The third kappa shape index (κ3) is 3.14. The first-order valence-corrected chi connectivity index (χ1v) is 4.03. The summed E-state index contributed by atoms with van der Waals surface area (Å²) in [5.41, 5.74) is 1.30. The highest BCUT2D eigenvalue weighted by Gasteiger charge is 1.87. The van der Waals surface area contributed by atoms with Crippen molar-refractivity contribution in [1.82, 2.24) is 10.3 Å². The second kappa shape index (κ2) is 4.85. The van der Waals surface area contributed by atoms with Crippen molar-refractivity contribution in [3.05, 3.63) is 30.1 Å². The molecule has 0 radical (unpaired) electrons. The smallest absolute Gasteiger partial charge is 0.0271 e. The van der Waals surface area contributed by atoms with Crippen LogP contribution in [0.25, 0.3) is 0 Å². The van der Waals surface area contributed by atoms with Crippen LogP contribution in [0.2, 0.25) is 0 Å². The molecule has 0 saturated carbocycles. The number of nitrogens with zero attached hydrogens (tertiary/aromatic N) is 1. The molecule has 1 heterocycles. The highest BCUT2D eigenvalue weighted by Crippen LogP contribution is 1.94. The first kappa shape index (κ1) is 8.21. The molecule has 1 aromatic heterocycles. The molecule has 0 saturated heterocycles. The molecule has 0 amide bonds. The molecule has 0 atom stereocenters. The monoisotopic (exact) mass is 150 g/mol. The Balaban J connectivity index is 2.28. The molecule has 0 spiro atoms. The van der Waals surface area contributed by atoms with Gasteiger partial charge in [0.05, 0.1) is 0 Å². The van der Waals surface area contributed by atoms with Gasteiger partial charge in [-0.2, -0.15) is 0 Å². The fraction of sp³-hybridized carbons (Fsp3) is 0.444. The van der Waals surface area contributed by atoms with Gasteiger partial charge in [0.25, 0.3) is 0 Å². The largest absolute Gasteiger partial charge is 0.313 e. The van der Waals surface area contributed by atoms with Crippen LogP contribution in [0.1, 0.15) is 18.9 Å². The van der Waals surface area contributed by atoms with Gasteiger partial charge in [0.2, 0.25) is 0 Å². The highest BCUT2D eigenvalue weighted by molar-refractivity contribution is 5.08. The van der Waals surface area contributed by atoms with E-state index in [9.17, 15) is 0 Å². The van der Waals surface area contributed by atoms with E-state index < -0.39 is 0 Å². The number of nitrogens with one attached hydrogen (secondary N) is 1. The van der Waals surface area contributed by atoms with Gasteiger partial charge < -0.3 is 5.32 Å². The molecule has 0 aliphatic heterocycles. The van der Waals surface area contributed by atoms with E-state index in [2.05, 4.69) is 17.2 Å². The van der Waals surface area contributed by atoms with E-state index in [0.29, 0.717) is 0 Å². The molecule has 1 rings (SSSR count). The summed E-state index contributed by atoms with van der Waals surface area (Å²) in [6, 6.07) is 4.06. The second-order valence-corrected chi connectivity index (χ2v) is 2.53. The van der Waals surface area contributed by atoms with Crippen LogP contribution in [0.5, 0.6) is 0 Å². The average Bonchev–Trinajstić information content (AvgIpc) is 2.07. The average molecular weight is 150 g/mol. The van der Waals surface area contributed by atoms with Gasteiger partial charge in [0.15, 0.2) is 0 Å².